The second-order valence-electron chi connectivity index (χ2n) is 5.71. The van der Waals surface area contributed by atoms with E-state index in [9.17, 15) is 4.79 Å². The average molecular weight is 327 g/mol. The highest BCUT2D eigenvalue weighted by Crippen LogP contribution is 2.24. The molecule has 1 aromatic rings. The maximum atomic E-state index is 11.4. The number of carbonyl (C=O) groups is 1. The lowest BCUT2D eigenvalue weighted by Gasteiger charge is -2.24. The molecular formula is C13H19BrN4O. The molecular weight excluding hydrogens is 308 g/mol. The Kier molecular flexibility index (Phi) is 4.08. The maximum absolute atomic E-state index is 11.4. The van der Waals surface area contributed by atoms with Crippen molar-refractivity contribution >= 4 is 27.7 Å². The minimum absolute atomic E-state index is 0.0988. The van der Waals surface area contributed by atoms with Crippen LogP contribution < -0.4 is 10.2 Å². The molecule has 0 bridgehead atoms. The molecule has 1 aromatic heterocycles. The van der Waals surface area contributed by atoms with E-state index in [1.807, 2.05) is 6.07 Å². The van der Waals surface area contributed by atoms with Crippen molar-refractivity contribution in [1.82, 2.24) is 15.3 Å². The van der Waals surface area contributed by atoms with Crippen LogP contribution in [-0.2, 0) is 10.2 Å². The summed E-state index contributed by atoms with van der Waals surface area (Å²) in [5.41, 5.74) is -0.0988. The van der Waals surface area contributed by atoms with Crippen LogP contribution in [0, 0.1) is 0 Å². The van der Waals surface area contributed by atoms with E-state index in [-0.39, 0.29) is 11.3 Å². The van der Waals surface area contributed by atoms with Crippen molar-refractivity contribution in [2.75, 3.05) is 24.5 Å². The molecule has 19 heavy (non-hydrogen) atoms. The van der Waals surface area contributed by atoms with Crippen LogP contribution in [0.5, 0.6) is 0 Å². The summed E-state index contributed by atoms with van der Waals surface area (Å²) in [5.74, 6) is 1.79. The van der Waals surface area contributed by atoms with Crippen molar-refractivity contribution in [3.8, 4) is 0 Å². The number of nitrogens with zero attached hydrogens (tertiary/aromatic N) is 3. The highest BCUT2D eigenvalue weighted by molar-refractivity contribution is 9.10. The molecule has 0 aliphatic carbocycles. The predicted molar refractivity (Wildman–Crippen MR) is 78.3 cm³/mol. The van der Waals surface area contributed by atoms with Gasteiger partial charge in [0.25, 0.3) is 0 Å². The van der Waals surface area contributed by atoms with Gasteiger partial charge in [-0.25, -0.2) is 9.97 Å². The summed E-state index contributed by atoms with van der Waals surface area (Å²) in [6.45, 7) is 8.40. The first-order valence-electron chi connectivity index (χ1n) is 6.43. The summed E-state index contributed by atoms with van der Waals surface area (Å²) in [6.07, 6.45) is 0.506. The Morgan fingerprint density at radius 3 is 2.74 bits per heavy atom. The first kappa shape index (κ1) is 14.2. The largest absolute Gasteiger partial charge is 0.354 e. The molecule has 1 amide bonds. The predicted octanol–water partition coefficient (Wildman–Crippen LogP) is 1.86. The molecule has 0 radical (unpaired) electrons. The lowest BCUT2D eigenvalue weighted by atomic mass is 9.96. The fourth-order valence-electron chi connectivity index (χ4n) is 1.90. The number of nitrogens with one attached hydrogen (secondary N) is 1. The quantitative estimate of drug-likeness (QED) is 0.800. The van der Waals surface area contributed by atoms with Gasteiger partial charge < -0.3 is 10.2 Å². The Morgan fingerprint density at radius 2 is 2.05 bits per heavy atom. The molecule has 1 fully saturated rings. The van der Waals surface area contributed by atoms with E-state index in [1.165, 1.54) is 0 Å². The van der Waals surface area contributed by atoms with E-state index in [0.717, 1.165) is 22.8 Å². The van der Waals surface area contributed by atoms with Gasteiger partial charge in [0, 0.05) is 37.5 Å². The second-order valence-corrected chi connectivity index (χ2v) is 6.52. The van der Waals surface area contributed by atoms with Gasteiger partial charge in [0.05, 0.1) is 0 Å². The summed E-state index contributed by atoms with van der Waals surface area (Å²) in [4.78, 5) is 22.6. The van der Waals surface area contributed by atoms with Crippen LogP contribution >= 0.6 is 15.9 Å². The zero-order valence-electron chi connectivity index (χ0n) is 11.5. The molecule has 2 heterocycles. The average Bonchev–Trinajstić information content (AvgIpc) is 2.52. The van der Waals surface area contributed by atoms with E-state index < -0.39 is 0 Å². The molecule has 0 saturated carbocycles. The summed E-state index contributed by atoms with van der Waals surface area (Å²) in [5, 5.41) is 2.87. The van der Waals surface area contributed by atoms with E-state index in [0.29, 0.717) is 19.5 Å². The fourth-order valence-corrected chi connectivity index (χ4v) is 2.27. The van der Waals surface area contributed by atoms with Crippen LogP contribution in [0.1, 0.15) is 33.0 Å². The molecule has 1 aliphatic heterocycles. The van der Waals surface area contributed by atoms with Gasteiger partial charge >= 0.3 is 0 Å². The van der Waals surface area contributed by atoms with E-state index in [2.05, 4.69) is 56.9 Å². The lowest BCUT2D eigenvalue weighted by Crippen LogP contribution is -2.30. The topological polar surface area (TPSA) is 58.1 Å². The molecule has 104 valence electrons. The molecule has 1 N–H and O–H groups in total. The van der Waals surface area contributed by atoms with Crippen LogP contribution in [0.25, 0.3) is 0 Å². The van der Waals surface area contributed by atoms with E-state index in [4.69, 9.17) is 0 Å². The number of hydrogen-bond acceptors (Lipinski definition) is 4. The zero-order valence-corrected chi connectivity index (χ0v) is 13.1. The second kappa shape index (κ2) is 5.45. The van der Waals surface area contributed by atoms with Crippen LogP contribution in [0.3, 0.4) is 0 Å². The van der Waals surface area contributed by atoms with E-state index in [1.54, 1.807) is 0 Å². The Bertz CT molecular complexity index is 484. The number of halogens is 1. The number of hydrogen-bond donors (Lipinski definition) is 1. The van der Waals surface area contributed by atoms with Gasteiger partial charge in [0.15, 0.2) is 0 Å². The van der Waals surface area contributed by atoms with Crippen molar-refractivity contribution in [2.45, 2.75) is 32.6 Å². The van der Waals surface area contributed by atoms with Crippen LogP contribution in [0.15, 0.2) is 10.7 Å². The molecule has 0 aromatic carbocycles. The summed E-state index contributed by atoms with van der Waals surface area (Å²) < 4.78 is 0.783. The monoisotopic (exact) mass is 326 g/mol. The van der Waals surface area contributed by atoms with Gasteiger partial charge in [-0.1, -0.05) is 20.8 Å². The molecule has 5 nitrogen and oxygen atoms in total. The Morgan fingerprint density at radius 1 is 1.32 bits per heavy atom. The molecule has 0 atom stereocenters. The van der Waals surface area contributed by atoms with Gasteiger partial charge in [-0.15, -0.1) is 0 Å². The highest BCUT2D eigenvalue weighted by Gasteiger charge is 2.21. The minimum Gasteiger partial charge on any atom is -0.354 e. The number of aromatic nitrogens is 2. The summed E-state index contributed by atoms with van der Waals surface area (Å²) >= 11 is 3.44. The van der Waals surface area contributed by atoms with Crippen LogP contribution in [-0.4, -0.2) is 35.5 Å². The number of carbonyl (C=O) groups excluding carboxylic acids is 1. The Balaban J connectivity index is 2.29. The van der Waals surface area contributed by atoms with Crippen molar-refractivity contribution in [3.63, 3.8) is 0 Å². The fraction of sp³-hybridized carbons (Fsp3) is 0.615. The van der Waals surface area contributed by atoms with Gasteiger partial charge in [-0.3, -0.25) is 4.79 Å². The third-order valence-corrected chi connectivity index (χ3v) is 3.40. The minimum atomic E-state index is -0.0988. The normalized spacial score (nSPS) is 17.1. The molecule has 0 unspecified atom stereocenters. The van der Waals surface area contributed by atoms with Crippen molar-refractivity contribution in [3.05, 3.63) is 16.5 Å². The molecule has 1 aliphatic rings. The highest BCUT2D eigenvalue weighted by atomic mass is 79.9. The van der Waals surface area contributed by atoms with Crippen LogP contribution in [0.4, 0.5) is 5.82 Å². The van der Waals surface area contributed by atoms with Gasteiger partial charge in [0.2, 0.25) is 5.91 Å². The molecule has 6 heteroatoms. The summed E-state index contributed by atoms with van der Waals surface area (Å²) in [7, 11) is 0. The summed E-state index contributed by atoms with van der Waals surface area (Å²) in [6, 6.07) is 1.91. The third kappa shape index (κ3) is 3.65. The van der Waals surface area contributed by atoms with Gasteiger partial charge in [-0.2, -0.15) is 0 Å². The standard InChI is InChI=1S/C13H19BrN4O/c1-13(2,3)12-16-9(14)8-10(17-12)18-6-4-11(19)15-5-7-18/h8H,4-7H2,1-3H3,(H,15,19). The molecule has 1 saturated heterocycles. The van der Waals surface area contributed by atoms with Crippen molar-refractivity contribution in [2.24, 2.45) is 0 Å². The van der Waals surface area contributed by atoms with Crippen molar-refractivity contribution < 1.29 is 4.79 Å². The number of amides is 1. The first-order valence-corrected chi connectivity index (χ1v) is 7.22. The smallest absolute Gasteiger partial charge is 0.221 e. The van der Waals surface area contributed by atoms with Gasteiger partial charge in [-0.05, 0) is 15.9 Å². The van der Waals surface area contributed by atoms with Crippen LogP contribution in [0.2, 0.25) is 0 Å². The lowest BCUT2D eigenvalue weighted by molar-refractivity contribution is -0.120. The molecule has 2 rings (SSSR count). The van der Waals surface area contributed by atoms with E-state index >= 15 is 0 Å². The number of anilines is 1. The molecule has 0 spiro atoms. The Labute approximate surface area is 121 Å². The van der Waals surface area contributed by atoms with Gasteiger partial charge in [0.1, 0.15) is 16.2 Å². The zero-order chi connectivity index (χ0) is 14.0. The number of rotatable bonds is 1. The third-order valence-electron chi connectivity index (χ3n) is 2.99. The SMILES string of the molecule is CC(C)(C)c1nc(Br)cc(N2CCNC(=O)CC2)n1. The maximum Gasteiger partial charge on any atom is 0.221 e. The first-order chi connectivity index (χ1) is 8.86. The van der Waals surface area contributed by atoms with Crippen molar-refractivity contribution in [1.29, 1.82) is 0 Å². The Hall–Kier alpha value is -1.17.